The summed E-state index contributed by atoms with van der Waals surface area (Å²) >= 11 is 0. The van der Waals surface area contributed by atoms with E-state index in [1.54, 1.807) is 7.11 Å². The van der Waals surface area contributed by atoms with Crippen molar-refractivity contribution >= 4 is 5.91 Å². The van der Waals surface area contributed by atoms with Gasteiger partial charge in [0.25, 0.3) is 0 Å². The molecule has 1 aliphatic heterocycles. The van der Waals surface area contributed by atoms with E-state index in [-0.39, 0.29) is 17.9 Å². The molecule has 0 aromatic heterocycles. The number of hydrogen-bond acceptors (Lipinski definition) is 4. The topological polar surface area (TPSA) is 61.8 Å². The molecule has 2 N–H and O–H groups in total. The van der Waals surface area contributed by atoms with Gasteiger partial charge in [-0.1, -0.05) is 30.3 Å². The predicted octanol–water partition coefficient (Wildman–Crippen LogP) is 3.15. The van der Waals surface area contributed by atoms with Crippen LogP contribution in [0.5, 0.6) is 0 Å². The van der Waals surface area contributed by atoms with E-state index in [1.165, 1.54) is 5.06 Å². The second-order valence-corrected chi connectivity index (χ2v) is 7.89. The summed E-state index contributed by atoms with van der Waals surface area (Å²) in [7, 11) is 1.60. The normalized spacial score (nSPS) is 27.5. The molecule has 24 heavy (non-hydrogen) atoms. The molecule has 0 saturated carbocycles. The van der Waals surface area contributed by atoms with E-state index in [2.05, 4.69) is 5.32 Å². The highest BCUT2D eigenvalue weighted by atomic mass is 16.5. The fourth-order valence-electron chi connectivity index (χ4n) is 3.95. The number of ether oxygens (including phenoxy) is 1. The fraction of sp³-hybridized carbons (Fsp3) is 0.632. The minimum absolute atomic E-state index is 0.0348. The number of hydrogen-bond donors (Lipinski definition) is 2. The fourth-order valence-corrected chi connectivity index (χ4v) is 3.95. The van der Waals surface area contributed by atoms with Crippen molar-refractivity contribution in [3.63, 3.8) is 0 Å². The molecule has 1 aromatic carbocycles. The van der Waals surface area contributed by atoms with Crippen molar-refractivity contribution in [1.82, 2.24) is 10.4 Å². The number of methoxy groups -OCH3 is 1. The Balaban J connectivity index is 2.20. The van der Waals surface area contributed by atoms with Gasteiger partial charge in [-0.25, -0.2) is 0 Å². The Labute approximate surface area is 145 Å². The van der Waals surface area contributed by atoms with Crippen LogP contribution in [0.25, 0.3) is 0 Å². The minimum atomic E-state index is -0.658. The van der Waals surface area contributed by atoms with Gasteiger partial charge in [0.15, 0.2) is 0 Å². The summed E-state index contributed by atoms with van der Waals surface area (Å²) in [6.07, 6.45) is 0.136. The molecule has 3 atom stereocenters. The van der Waals surface area contributed by atoms with Gasteiger partial charge in [-0.05, 0) is 46.6 Å². The second-order valence-electron chi connectivity index (χ2n) is 7.89. The van der Waals surface area contributed by atoms with Crippen LogP contribution >= 0.6 is 0 Å². The van der Waals surface area contributed by atoms with Gasteiger partial charge in [-0.2, -0.15) is 5.06 Å². The predicted molar refractivity (Wildman–Crippen MR) is 93.7 cm³/mol. The van der Waals surface area contributed by atoms with Gasteiger partial charge < -0.3 is 15.3 Å². The Hall–Kier alpha value is -1.43. The van der Waals surface area contributed by atoms with Crippen LogP contribution in [0.2, 0.25) is 0 Å². The number of carbonyl (C=O) groups is 1. The lowest BCUT2D eigenvalue weighted by molar-refractivity contribution is -0.283. The molecule has 1 aromatic rings. The lowest BCUT2D eigenvalue weighted by Gasteiger charge is -2.54. The summed E-state index contributed by atoms with van der Waals surface area (Å²) in [5.74, 6) is -0.359. The van der Waals surface area contributed by atoms with E-state index in [4.69, 9.17) is 4.74 Å². The van der Waals surface area contributed by atoms with Crippen molar-refractivity contribution < 1.29 is 14.7 Å². The molecule has 5 heteroatoms. The highest BCUT2D eigenvalue weighted by Gasteiger charge is 2.54. The molecule has 134 valence electrons. The molecule has 1 heterocycles. The van der Waals surface area contributed by atoms with Crippen molar-refractivity contribution in [3.8, 4) is 0 Å². The maximum atomic E-state index is 12.9. The summed E-state index contributed by atoms with van der Waals surface area (Å²) in [6, 6.07) is 9.82. The molecule has 0 radical (unpaired) electrons. The zero-order chi connectivity index (χ0) is 18.1. The summed E-state index contributed by atoms with van der Waals surface area (Å²) in [5, 5.41) is 15.0. The molecule has 1 aliphatic rings. The van der Waals surface area contributed by atoms with Crippen LogP contribution < -0.4 is 5.32 Å². The Morgan fingerprint density at radius 2 is 1.88 bits per heavy atom. The first-order chi connectivity index (χ1) is 11.1. The molecular weight excluding hydrogens is 304 g/mol. The van der Waals surface area contributed by atoms with Crippen molar-refractivity contribution in [2.45, 2.75) is 64.3 Å². The Morgan fingerprint density at radius 3 is 2.42 bits per heavy atom. The summed E-state index contributed by atoms with van der Waals surface area (Å²) < 4.78 is 5.63. The van der Waals surface area contributed by atoms with E-state index in [1.807, 2.05) is 65.0 Å². The maximum absolute atomic E-state index is 12.9. The van der Waals surface area contributed by atoms with Gasteiger partial charge in [0, 0.05) is 12.6 Å². The molecule has 1 saturated heterocycles. The van der Waals surface area contributed by atoms with E-state index < -0.39 is 17.2 Å². The number of amides is 1. The maximum Gasteiger partial charge on any atom is 0.226 e. The van der Waals surface area contributed by atoms with Crippen molar-refractivity contribution in [3.05, 3.63) is 35.9 Å². The molecule has 1 amide bonds. The third kappa shape index (κ3) is 3.48. The van der Waals surface area contributed by atoms with Crippen molar-refractivity contribution in [2.75, 3.05) is 7.11 Å². The second kappa shape index (κ2) is 6.82. The number of piperidine rings is 1. The Kier molecular flexibility index (Phi) is 5.37. The first kappa shape index (κ1) is 18.9. The molecule has 0 bridgehead atoms. The molecule has 0 aliphatic carbocycles. The van der Waals surface area contributed by atoms with Gasteiger partial charge in [-0.15, -0.1) is 0 Å². The summed E-state index contributed by atoms with van der Waals surface area (Å²) in [6.45, 7) is 9.68. The monoisotopic (exact) mass is 334 g/mol. The van der Waals surface area contributed by atoms with E-state index >= 15 is 0 Å². The molecule has 0 spiro atoms. The van der Waals surface area contributed by atoms with E-state index in [9.17, 15) is 10.0 Å². The summed E-state index contributed by atoms with van der Waals surface area (Å²) in [4.78, 5) is 12.9. The van der Waals surface area contributed by atoms with Crippen LogP contribution in [0.4, 0.5) is 0 Å². The van der Waals surface area contributed by atoms with Gasteiger partial charge in [0.2, 0.25) is 5.91 Å². The SMILES string of the molecule is CO[C@H]1[C@@H](C(=O)N[C@H](C)c2ccccc2)CC(C)(C)N(O)C1(C)C. The molecule has 2 rings (SSSR count). The van der Waals surface area contributed by atoms with Crippen LogP contribution in [0, 0.1) is 5.92 Å². The van der Waals surface area contributed by atoms with Gasteiger partial charge in [0.05, 0.1) is 23.6 Å². The van der Waals surface area contributed by atoms with E-state index in [0.717, 1.165) is 5.56 Å². The average Bonchev–Trinajstić information content (AvgIpc) is 2.53. The van der Waals surface area contributed by atoms with Gasteiger partial charge in [0.1, 0.15) is 0 Å². The van der Waals surface area contributed by atoms with Crippen LogP contribution in [-0.4, -0.2) is 40.5 Å². The van der Waals surface area contributed by atoms with Crippen LogP contribution in [-0.2, 0) is 9.53 Å². The van der Waals surface area contributed by atoms with Crippen LogP contribution in [0.1, 0.15) is 52.6 Å². The molecular formula is C19H30N2O3. The number of carbonyl (C=O) groups excluding carboxylic acids is 1. The average molecular weight is 334 g/mol. The zero-order valence-corrected chi connectivity index (χ0v) is 15.5. The smallest absolute Gasteiger partial charge is 0.226 e. The Bertz CT molecular complexity index is 571. The molecule has 1 fully saturated rings. The summed E-state index contributed by atoms with van der Waals surface area (Å²) in [5.41, 5.74) is -0.0942. The van der Waals surface area contributed by atoms with Crippen LogP contribution in [0.3, 0.4) is 0 Å². The number of nitrogens with zero attached hydrogens (tertiary/aromatic N) is 1. The quantitative estimate of drug-likeness (QED) is 0.888. The highest BCUT2D eigenvalue weighted by Crippen LogP contribution is 2.41. The number of rotatable bonds is 4. The third-order valence-corrected chi connectivity index (χ3v) is 5.15. The highest BCUT2D eigenvalue weighted by molar-refractivity contribution is 5.80. The standard InChI is InChI=1S/C19H30N2O3/c1-13(14-10-8-7-9-11-14)20-17(22)15-12-18(2,3)21(23)19(4,5)16(15)24-6/h7-11,13,15-16,23H,12H2,1-6H3,(H,20,22)/t13-,15+,16+/m1/s1. The molecule has 0 unspecified atom stereocenters. The van der Waals surface area contributed by atoms with Gasteiger partial charge in [-0.3, -0.25) is 4.79 Å². The first-order valence-electron chi connectivity index (χ1n) is 8.48. The van der Waals surface area contributed by atoms with Crippen molar-refractivity contribution in [2.24, 2.45) is 5.92 Å². The van der Waals surface area contributed by atoms with Crippen LogP contribution in [0.15, 0.2) is 30.3 Å². The van der Waals surface area contributed by atoms with E-state index in [0.29, 0.717) is 6.42 Å². The third-order valence-electron chi connectivity index (χ3n) is 5.15. The number of benzene rings is 1. The van der Waals surface area contributed by atoms with Gasteiger partial charge >= 0.3 is 0 Å². The Morgan fingerprint density at radius 1 is 1.29 bits per heavy atom. The number of hydroxylamine groups is 2. The largest absolute Gasteiger partial charge is 0.379 e. The lowest BCUT2D eigenvalue weighted by Crippen LogP contribution is -2.68. The minimum Gasteiger partial charge on any atom is -0.379 e. The molecule has 5 nitrogen and oxygen atoms in total. The number of nitrogens with one attached hydrogen (secondary N) is 1. The first-order valence-corrected chi connectivity index (χ1v) is 8.48. The lowest BCUT2D eigenvalue weighted by atomic mass is 9.72. The van der Waals surface area contributed by atoms with Crippen molar-refractivity contribution in [1.29, 1.82) is 0 Å². The zero-order valence-electron chi connectivity index (χ0n) is 15.5.